The first kappa shape index (κ1) is 17.7. The number of para-hydroxylation sites is 1. The molecule has 132 valence electrons. The topological polar surface area (TPSA) is 43.5 Å². The molecule has 0 saturated carbocycles. The van der Waals surface area contributed by atoms with Gasteiger partial charge in [-0.25, -0.2) is 0 Å². The van der Waals surface area contributed by atoms with Crippen molar-refractivity contribution in [1.29, 1.82) is 0 Å². The third-order valence-electron chi connectivity index (χ3n) is 4.82. The number of hydrogen-bond acceptors (Lipinski definition) is 2. The Balaban J connectivity index is 1.71. The zero-order valence-corrected chi connectivity index (χ0v) is 15.3. The minimum atomic E-state index is -0.113. The molecule has 1 aliphatic heterocycles. The zero-order chi connectivity index (χ0) is 18.7. The second-order valence-electron chi connectivity index (χ2n) is 6.94. The highest BCUT2D eigenvalue weighted by Gasteiger charge is 2.42. The van der Waals surface area contributed by atoms with Crippen molar-refractivity contribution in [1.82, 2.24) is 0 Å². The van der Waals surface area contributed by atoms with Crippen LogP contribution in [0.15, 0.2) is 72.8 Å². The summed E-state index contributed by atoms with van der Waals surface area (Å²) >= 11 is 0. The molecule has 0 unspecified atom stereocenters. The van der Waals surface area contributed by atoms with Crippen LogP contribution in [0.3, 0.4) is 0 Å². The molecule has 0 amide bonds. The van der Waals surface area contributed by atoms with Crippen LogP contribution in [0.2, 0.25) is 0 Å². The van der Waals surface area contributed by atoms with E-state index in [1.165, 1.54) is 29.1 Å². The molecule has 0 bridgehead atoms. The Bertz CT molecular complexity index is 946. The van der Waals surface area contributed by atoms with Crippen molar-refractivity contribution in [3.05, 3.63) is 84.0 Å². The lowest BCUT2D eigenvalue weighted by molar-refractivity contribution is -0.401. The van der Waals surface area contributed by atoms with Crippen molar-refractivity contribution in [2.75, 3.05) is 7.05 Å². The molecule has 3 rings (SSSR count). The smallest absolute Gasteiger partial charge is 0.209 e. The molecule has 0 aliphatic carbocycles. The van der Waals surface area contributed by atoms with Crippen molar-refractivity contribution < 1.29 is 14.8 Å². The van der Waals surface area contributed by atoms with Gasteiger partial charge in [-0.05, 0) is 31.5 Å². The Morgan fingerprint density at radius 1 is 0.846 bits per heavy atom. The Labute approximate surface area is 154 Å². The van der Waals surface area contributed by atoms with Gasteiger partial charge in [-0.1, -0.05) is 54.6 Å². The fraction of sp³-hybridized carbons (Fsp3) is 0.174. The quantitative estimate of drug-likeness (QED) is 0.468. The highest BCUT2D eigenvalue weighted by Crippen LogP contribution is 2.38. The minimum Gasteiger partial charge on any atom is -0.504 e. The fourth-order valence-corrected chi connectivity index (χ4v) is 3.39. The van der Waals surface area contributed by atoms with E-state index in [0.717, 1.165) is 5.56 Å². The number of aromatic hydroxyl groups is 2. The van der Waals surface area contributed by atoms with Crippen LogP contribution < -0.4 is 0 Å². The van der Waals surface area contributed by atoms with E-state index < -0.39 is 0 Å². The second-order valence-corrected chi connectivity index (χ2v) is 6.94. The van der Waals surface area contributed by atoms with Crippen LogP contribution in [0, 0.1) is 0 Å². The predicted octanol–water partition coefficient (Wildman–Crippen LogP) is 4.93. The van der Waals surface area contributed by atoms with Gasteiger partial charge in [0.05, 0.1) is 5.41 Å². The van der Waals surface area contributed by atoms with E-state index in [-0.39, 0.29) is 16.9 Å². The summed E-state index contributed by atoms with van der Waals surface area (Å²) < 4.78 is 2.24. The van der Waals surface area contributed by atoms with Crippen LogP contribution in [0.25, 0.3) is 6.08 Å². The number of allylic oxidation sites excluding steroid dienone is 5. The van der Waals surface area contributed by atoms with Crippen molar-refractivity contribution >= 4 is 17.5 Å². The maximum absolute atomic E-state index is 9.49. The number of nitrogens with zero attached hydrogens (tertiary/aromatic N) is 1. The van der Waals surface area contributed by atoms with E-state index in [9.17, 15) is 10.2 Å². The van der Waals surface area contributed by atoms with E-state index >= 15 is 0 Å². The number of phenolic OH excluding ortho intramolecular Hbond substituents is 2. The van der Waals surface area contributed by atoms with Crippen LogP contribution in [0.5, 0.6) is 11.5 Å². The number of benzene rings is 2. The molecule has 1 heterocycles. The molecule has 0 aromatic heterocycles. The lowest BCUT2D eigenvalue weighted by Crippen LogP contribution is -2.26. The molecule has 3 heteroatoms. The van der Waals surface area contributed by atoms with Crippen LogP contribution >= 0.6 is 0 Å². The number of phenols is 2. The Kier molecular flexibility index (Phi) is 4.81. The fourth-order valence-electron chi connectivity index (χ4n) is 3.39. The Hall–Kier alpha value is -3.07. The second kappa shape index (κ2) is 7.04. The maximum atomic E-state index is 9.49. The first-order valence-electron chi connectivity index (χ1n) is 8.65. The molecule has 0 radical (unpaired) electrons. The average Bonchev–Trinajstić information content (AvgIpc) is 2.81. The van der Waals surface area contributed by atoms with Gasteiger partial charge in [0.1, 0.15) is 7.05 Å². The van der Waals surface area contributed by atoms with Crippen LogP contribution in [-0.4, -0.2) is 27.5 Å². The average molecular weight is 346 g/mol. The van der Waals surface area contributed by atoms with Gasteiger partial charge in [0, 0.05) is 17.7 Å². The van der Waals surface area contributed by atoms with Crippen LogP contribution in [0.1, 0.15) is 25.0 Å². The minimum absolute atomic E-state index is 0.0188. The van der Waals surface area contributed by atoms with E-state index in [0.29, 0.717) is 0 Å². The van der Waals surface area contributed by atoms with Gasteiger partial charge in [0.15, 0.2) is 17.2 Å². The molecule has 0 spiro atoms. The van der Waals surface area contributed by atoms with Gasteiger partial charge in [-0.15, -0.1) is 0 Å². The largest absolute Gasteiger partial charge is 0.504 e. The molecule has 3 nitrogen and oxygen atoms in total. The molecule has 26 heavy (non-hydrogen) atoms. The van der Waals surface area contributed by atoms with Crippen molar-refractivity contribution in [2.24, 2.45) is 0 Å². The van der Waals surface area contributed by atoms with Gasteiger partial charge in [-0.3, -0.25) is 0 Å². The molecular weight excluding hydrogens is 322 g/mol. The summed E-state index contributed by atoms with van der Waals surface area (Å²) in [5.41, 5.74) is 4.67. The van der Waals surface area contributed by atoms with Crippen molar-refractivity contribution in [2.45, 2.75) is 19.3 Å². The van der Waals surface area contributed by atoms with Gasteiger partial charge < -0.3 is 10.2 Å². The van der Waals surface area contributed by atoms with E-state index in [1.807, 2.05) is 30.4 Å². The van der Waals surface area contributed by atoms with Crippen molar-refractivity contribution in [3.63, 3.8) is 0 Å². The predicted molar refractivity (Wildman–Crippen MR) is 107 cm³/mol. The summed E-state index contributed by atoms with van der Waals surface area (Å²) in [5.74, 6) is -0.222. The first-order valence-corrected chi connectivity index (χ1v) is 8.65. The number of rotatable bonds is 4. The number of fused-ring (bicyclic) bond motifs is 1. The molecule has 2 aromatic rings. The van der Waals surface area contributed by atoms with E-state index in [1.54, 1.807) is 6.07 Å². The first-order chi connectivity index (χ1) is 12.4. The van der Waals surface area contributed by atoms with Gasteiger partial charge >= 0.3 is 0 Å². The summed E-state index contributed by atoms with van der Waals surface area (Å²) in [6.45, 7) is 4.49. The lowest BCUT2D eigenvalue weighted by atomic mass is 9.81. The molecule has 2 aromatic carbocycles. The highest BCUT2D eigenvalue weighted by atomic mass is 16.3. The van der Waals surface area contributed by atoms with E-state index in [2.05, 4.69) is 55.8 Å². The summed E-state index contributed by atoms with van der Waals surface area (Å²) in [6.07, 6.45) is 11.9. The van der Waals surface area contributed by atoms with Crippen LogP contribution in [0.4, 0.5) is 5.69 Å². The van der Waals surface area contributed by atoms with Gasteiger partial charge in [0.2, 0.25) is 5.69 Å². The standard InChI is InChI=1S/C23H23NO2/c1-23(2)18-11-8-9-12-19(18)24(3)22(23)13-7-5-4-6-10-17-14-15-20(25)21(26)16-17/h4-16,26H,1-3H3/p+1. The number of hydrogen-bond donors (Lipinski definition) is 2. The third-order valence-corrected chi connectivity index (χ3v) is 4.82. The monoisotopic (exact) mass is 346 g/mol. The summed E-state index contributed by atoms with van der Waals surface area (Å²) in [5, 5.41) is 18.8. The molecule has 1 aliphatic rings. The normalized spacial score (nSPS) is 16.3. The van der Waals surface area contributed by atoms with Crippen LogP contribution in [-0.2, 0) is 5.41 Å². The highest BCUT2D eigenvalue weighted by molar-refractivity contribution is 6.03. The summed E-state index contributed by atoms with van der Waals surface area (Å²) in [7, 11) is 2.11. The zero-order valence-electron chi connectivity index (χ0n) is 15.3. The van der Waals surface area contributed by atoms with E-state index in [4.69, 9.17) is 0 Å². The third kappa shape index (κ3) is 3.33. The SMILES string of the molecule is C[N+]1=C(/C=C/C=C/C=C/c2ccc(O)c(O)c2)C(C)(C)c2ccccc21. The lowest BCUT2D eigenvalue weighted by Gasteiger charge is -2.14. The van der Waals surface area contributed by atoms with Crippen molar-refractivity contribution in [3.8, 4) is 11.5 Å². The van der Waals surface area contributed by atoms with Gasteiger partial charge in [-0.2, -0.15) is 4.58 Å². The molecule has 0 atom stereocenters. The summed E-state index contributed by atoms with van der Waals surface area (Å²) in [4.78, 5) is 0. The maximum Gasteiger partial charge on any atom is 0.209 e. The van der Waals surface area contributed by atoms with Gasteiger partial charge in [0.25, 0.3) is 0 Å². The Morgan fingerprint density at radius 2 is 1.54 bits per heavy atom. The molecule has 0 saturated heterocycles. The molecular formula is C23H24NO2+. The molecule has 2 N–H and O–H groups in total. The Morgan fingerprint density at radius 3 is 2.23 bits per heavy atom. The summed E-state index contributed by atoms with van der Waals surface area (Å²) in [6, 6.07) is 13.3. The molecule has 0 fully saturated rings.